The van der Waals surface area contributed by atoms with E-state index in [0.717, 1.165) is 38.4 Å². The van der Waals surface area contributed by atoms with Gasteiger partial charge in [-0.15, -0.1) is 0 Å². The zero-order valence-electron chi connectivity index (χ0n) is 10.3. The largest absolute Gasteiger partial charge is 0.296 e. The van der Waals surface area contributed by atoms with Crippen molar-refractivity contribution in [2.75, 3.05) is 32.7 Å². The number of hydrogen-bond donors (Lipinski definition) is 0. The Labute approximate surface area is 102 Å². The van der Waals surface area contributed by atoms with Crippen LogP contribution in [0.25, 0.3) is 0 Å². The topological polar surface area (TPSA) is 43.2 Å². The summed E-state index contributed by atoms with van der Waals surface area (Å²) >= 11 is 0. The van der Waals surface area contributed by atoms with Gasteiger partial charge >= 0.3 is 0 Å². The molecule has 0 spiro atoms. The number of hydrogen-bond acceptors (Lipinski definition) is 4. The van der Waals surface area contributed by atoms with Crippen LogP contribution in [0.2, 0.25) is 0 Å². The first-order chi connectivity index (χ1) is 8.28. The fourth-order valence-electron chi connectivity index (χ4n) is 2.06. The Hall–Kier alpha value is -1.44. The zero-order valence-corrected chi connectivity index (χ0v) is 10.3. The minimum absolute atomic E-state index is 0.555. The molecule has 0 unspecified atom stereocenters. The van der Waals surface area contributed by atoms with Gasteiger partial charge in [-0.2, -0.15) is 5.26 Å². The van der Waals surface area contributed by atoms with E-state index < -0.39 is 0 Å². The molecule has 90 valence electrons. The minimum atomic E-state index is 0.555. The van der Waals surface area contributed by atoms with Crippen LogP contribution in [-0.2, 0) is 6.54 Å². The molecule has 0 bridgehead atoms. The monoisotopic (exact) mass is 230 g/mol. The van der Waals surface area contributed by atoms with Crippen LogP contribution in [0, 0.1) is 18.3 Å². The minimum Gasteiger partial charge on any atom is -0.296 e. The number of nitriles is 1. The SMILES string of the molecule is Cc1ccc(CN2CCN(CC#N)CC2)cn1. The average Bonchev–Trinajstić information content (AvgIpc) is 2.35. The number of aromatic nitrogens is 1. The molecule has 0 aromatic carbocycles. The average molecular weight is 230 g/mol. The molecule has 0 saturated carbocycles. The normalized spacial score (nSPS) is 17.9. The number of aryl methyl sites for hydroxylation is 1. The van der Waals surface area contributed by atoms with Gasteiger partial charge in [0, 0.05) is 44.6 Å². The van der Waals surface area contributed by atoms with Crippen LogP contribution in [0.15, 0.2) is 18.3 Å². The number of pyridine rings is 1. The second-order valence-electron chi connectivity index (χ2n) is 4.52. The van der Waals surface area contributed by atoms with E-state index in [1.165, 1.54) is 5.56 Å². The summed E-state index contributed by atoms with van der Waals surface area (Å²) in [6, 6.07) is 6.41. The third kappa shape index (κ3) is 3.52. The van der Waals surface area contributed by atoms with Crippen LogP contribution in [0.1, 0.15) is 11.3 Å². The third-order valence-electron chi connectivity index (χ3n) is 3.14. The Morgan fingerprint density at radius 1 is 1.24 bits per heavy atom. The molecule has 1 aromatic heterocycles. The standard InChI is InChI=1S/C13H18N4/c1-12-2-3-13(10-15-12)11-17-8-6-16(5-4-14)7-9-17/h2-3,10H,5-9,11H2,1H3. The highest BCUT2D eigenvalue weighted by Gasteiger charge is 2.16. The first kappa shape index (κ1) is 12.0. The van der Waals surface area contributed by atoms with Gasteiger partial charge in [0.05, 0.1) is 12.6 Å². The predicted molar refractivity (Wildman–Crippen MR) is 66.3 cm³/mol. The van der Waals surface area contributed by atoms with E-state index in [2.05, 4.69) is 33.0 Å². The predicted octanol–water partition coefficient (Wildman–Crippen LogP) is 1.03. The van der Waals surface area contributed by atoms with Crippen molar-refractivity contribution in [3.8, 4) is 6.07 Å². The maximum Gasteiger partial charge on any atom is 0.0866 e. The summed E-state index contributed by atoms with van der Waals surface area (Å²) in [6.07, 6.45) is 1.96. The van der Waals surface area contributed by atoms with Crippen LogP contribution >= 0.6 is 0 Å². The van der Waals surface area contributed by atoms with Crippen molar-refractivity contribution >= 4 is 0 Å². The zero-order chi connectivity index (χ0) is 12.1. The molecule has 0 N–H and O–H groups in total. The third-order valence-corrected chi connectivity index (χ3v) is 3.14. The van der Waals surface area contributed by atoms with Gasteiger partial charge in [-0.25, -0.2) is 0 Å². The Morgan fingerprint density at radius 3 is 2.53 bits per heavy atom. The molecule has 0 atom stereocenters. The lowest BCUT2D eigenvalue weighted by molar-refractivity contribution is 0.138. The van der Waals surface area contributed by atoms with Crippen molar-refractivity contribution in [1.82, 2.24) is 14.8 Å². The summed E-state index contributed by atoms with van der Waals surface area (Å²) in [4.78, 5) is 8.92. The van der Waals surface area contributed by atoms with Crippen molar-refractivity contribution in [2.24, 2.45) is 0 Å². The Bertz CT molecular complexity index is 385. The number of rotatable bonds is 3. The first-order valence-electron chi connectivity index (χ1n) is 6.01. The molecule has 0 aliphatic carbocycles. The summed E-state index contributed by atoms with van der Waals surface area (Å²) < 4.78 is 0. The maximum absolute atomic E-state index is 8.63. The van der Waals surface area contributed by atoms with Crippen LogP contribution in [-0.4, -0.2) is 47.5 Å². The lowest BCUT2D eigenvalue weighted by Gasteiger charge is -2.33. The molecule has 17 heavy (non-hydrogen) atoms. The van der Waals surface area contributed by atoms with E-state index >= 15 is 0 Å². The first-order valence-corrected chi connectivity index (χ1v) is 6.01. The van der Waals surface area contributed by atoms with Crippen molar-refractivity contribution in [2.45, 2.75) is 13.5 Å². The second kappa shape index (κ2) is 5.76. The summed E-state index contributed by atoms with van der Waals surface area (Å²) in [7, 11) is 0. The second-order valence-corrected chi connectivity index (χ2v) is 4.52. The molecule has 2 heterocycles. The van der Waals surface area contributed by atoms with E-state index in [1.807, 2.05) is 13.1 Å². The lowest BCUT2D eigenvalue weighted by atomic mass is 10.2. The molecule has 1 aromatic rings. The van der Waals surface area contributed by atoms with Gasteiger partial charge in [0.2, 0.25) is 0 Å². The molecule has 1 aliphatic heterocycles. The van der Waals surface area contributed by atoms with Gasteiger partial charge in [-0.05, 0) is 18.6 Å². The fourth-order valence-corrected chi connectivity index (χ4v) is 2.06. The lowest BCUT2D eigenvalue weighted by Crippen LogP contribution is -2.45. The van der Waals surface area contributed by atoms with Gasteiger partial charge in [0.1, 0.15) is 0 Å². The van der Waals surface area contributed by atoms with Crippen molar-refractivity contribution < 1.29 is 0 Å². The highest BCUT2D eigenvalue weighted by Crippen LogP contribution is 2.07. The quantitative estimate of drug-likeness (QED) is 0.727. The molecule has 4 heteroatoms. The molecule has 1 fully saturated rings. The molecule has 0 amide bonds. The highest BCUT2D eigenvalue weighted by atomic mass is 15.3. The molecule has 0 radical (unpaired) electrons. The van der Waals surface area contributed by atoms with Crippen molar-refractivity contribution in [1.29, 1.82) is 5.26 Å². The smallest absolute Gasteiger partial charge is 0.0866 e. The molecular formula is C13H18N4. The molecule has 2 rings (SSSR count). The van der Waals surface area contributed by atoms with Gasteiger partial charge in [0.15, 0.2) is 0 Å². The van der Waals surface area contributed by atoms with E-state index in [4.69, 9.17) is 5.26 Å². The molecule has 1 saturated heterocycles. The summed E-state index contributed by atoms with van der Waals surface area (Å²) in [5.74, 6) is 0. The van der Waals surface area contributed by atoms with Gasteiger partial charge in [0.25, 0.3) is 0 Å². The fraction of sp³-hybridized carbons (Fsp3) is 0.538. The summed E-state index contributed by atoms with van der Waals surface area (Å²) in [5, 5.41) is 8.63. The van der Waals surface area contributed by atoms with E-state index in [9.17, 15) is 0 Å². The van der Waals surface area contributed by atoms with Crippen LogP contribution in [0.5, 0.6) is 0 Å². The molecule has 4 nitrogen and oxygen atoms in total. The van der Waals surface area contributed by atoms with Gasteiger partial charge in [-0.1, -0.05) is 6.07 Å². The van der Waals surface area contributed by atoms with Crippen LogP contribution in [0.4, 0.5) is 0 Å². The van der Waals surface area contributed by atoms with E-state index in [0.29, 0.717) is 6.54 Å². The Balaban J connectivity index is 1.82. The number of nitrogens with zero attached hydrogens (tertiary/aromatic N) is 4. The van der Waals surface area contributed by atoms with E-state index in [-0.39, 0.29) is 0 Å². The number of piperazine rings is 1. The summed E-state index contributed by atoms with van der Waals surface area (Å²) in [5.41, 5.74) is 2.33. The van der Waals surface area contributed by atoms with Crippen LogP contribution in [0.3, 0.4) is 0 Å². The van der Waals surface area contributed by atoms with Crippen molar-refractivity contribution in [3.63, 3.8) is 0 Å². The Morgan fingerprint density at radius 2 is 1.94 bits per heavy atom. The van der Waals surface area contributed by atoms with Gasteiger partial charge in [-0.3, -0.25) is 14.8 Å². The maximum atomic E-state index is 8.63. The molecule has 1 aliphatic rings. The van der Waals surface area contributed by atoms with Gasteiger partial charge < -0.3 is 0 Å². The molecular weight excluding hydrogens is 212 g/mol. The Kier molecular flexibility index (Phi) is 4.08. The summed E-state index contributed by atoms with van der Waals surface area (Å²) in [6.45, 7) is 7.59. The van der Waals surface area contributed by atoms with Crippen molar-refractivity contribution in [3.05, 3.63) is 29.6 Å². The highest BCUT2D eigenvalue weighted by molar-refractivity contribution is 5.13. The van der Waals surface area contributed by atoms with E-state index in [1.54, 1.807) is 0 Å². The van der Waals surface area contributed by atoms with Crippen LogP contribution < -0.4 is 0 Å².